The summed E-state index contributed by atoms with van der Waals surface area (Å²) in [6.07, 6.45) is 1.89. The predicted molar refractivity (Wildman–Crippen MR) is 128 cm³/mol. The molecule has 0 radical (unpaired) electrons. The lowest BCUT2D eigenvalue weighted by Gasteiger charge is -2.40. The molecule has 2 amide bonds. The van der Waals surface area contributed by atoms with Crippen molar-refractivity contribution in [1.82, 2.24) is 5.32 Å². The molecule has 3 N–H and O–H groups in total. The summed E-state index contributed by atoms with van der Waals surface area (Å²) in [5, 5.41) is 3.54. The first-order chi connectivity index (χ1) is 15.9. The molecular weight excluding hydrogens is 420 g/mol. The van der Waals surface area contributed by atoms with Gasteiger partial charge in [-0.05, 0) is 49.6 Å². The molecule has 1 heterocycles. The molecular formula is C25H32N4O4. The average molecular weight is 453 g/mol. The Morgan fingerprint density at radius 1 is 1.15 bits per heavy atom. The molecule has 176 valence electrons. The van der Waals surface area contributed by atoms with E-state index < -0.39 is 6.09 Å². The number of methoxy groups -OCH3 is 1. The molecule has 8 nitrogen and oxygen atoms in total. The van der Waals surface area contributed by atoms with E-state index in [-0.39, 0.29) is 17.9 Å². The summed E-state index contributed by atoms with van der Waals surface area (Å²) in [5.41, 5.74) is 8.45. The Hall–Kier alpha value is -3.10. The summed E-state index contributed by atoms with van der Waals surface area (Å²) in [6.45, 7) is 5.04. The van der Waals surface area contributed by atoms with Crippen molar-refractivity contribution in [3.8, 4) is 11.5 Å². The highest BCUT2D eigenvalue weighted by Crippen LogP contribution is 2.39. The second-order valence-electron chi connectivity index (χ2n) is 8.73. The number of anilines is 2. The van der Waals surface area contributed by atoms with Crippen LogP contribution in [-0.2, 0) is 4.79 Å². The Morgan fingerprint density at radius 3 is 2.52 bits per heavy atom. The van der Waals surface area contributed by atoms with Gasteiger partial charge in [0.1, 0.15) is 0 Å². The van der Waals surface area contributed by atoms with Gasteiger partial charge in [0, 0.05) is 38.5 Å². The fourth-order valence-corrected chi connectivity index (χ4v) is 4.33. The highest BCUT2D eigenvalue weighted by Gasteiger charge is 2.35. The zero-order valence-corrected chi connectivity index (χ0v) is 19.4. The normalized spacial score (nSPS) is 18.5. The van der Waals surface area contributed by atoms with Crippen molar-refractivity contribution in [3.05, 3.63) is 48.0 Å². The largest absolute Gasteiger partial charge is 0.493 e. The van der Waals surface area contributed by atoms with E-state index in [0.29, 0.717) is 42.0 Å². The zero-order chi connectivity index (χ0) is 23.5. The van der Waals surface area contributed by atoms with Crippen LogP contribution in [0.3, 0.4) is 0 Å². The van der Waals surface area contributed by atoms with Crippen LogP contribution in [0.25, 0.3) is 0 Å². The van der Waals surface area contributed by atoms with Gasteiger partial charge in [-0.2, -0.15) is 0 Å². The van der Waals surface area contributed by atoms with Crippen LogP contribution in [0.1, 0.15) is 38.2 Å². The molecule has 1 aliphatic heterocycles. The van der Waals surface area contributed by atoms with Crippen LogP contribution in [0.2, 0.25) is 0 Å². The molecule has 0 spiro atoms. The molecule has 33 heavy (non-hydrogen) atoms. The van der Waals surface area contributed by atoms with Gasteiger partial charge in [-0.1, -0.05) is 18.2 Å². The molecule has 4 rings (SSSR count). The summed E-state index contributed by atoms with van der Waals surface area (Å²) in [7, 11) is 1.53. The molecule has 0 saturated heterocycles. The maximum atomic E-state index is 13.3. The van der Waals surface area contributed by atoms with Crippen molar-refractivity contribution in [2.75, 3.05) is 36.5 Å². The molecule has 0 aromatic heterocycles. The Labute approximate surface area is 194 Å². The zero-order valence-electron chi connectivity index (χ0n) is 19.4. The van der Waals surface area contributed by atoms with Gasteiger partial charge in [-0.3, -0.25) is 9.69 Å². The van der Waals surface area contributed by atoms with Crippen LogP contribution in [-0.4, -0.2) is 50.8 Å². The number of ether oxygens (including phenoxy) is 2. The summed E-state index contributed by atoms with van der Waals surface area (Å²) < 4.78 is 11.0. The quantitative estimate of drug-likeness (QED) is 0.669. The van der Waals surface area contributed by atoms with E-state index in [1.807, 2.05) is 31.2 Å². The molecule has 1 fully saturated rings. The Balaban J connectivity index is 1.67. The van der Waals surface area contributed by atoms with Crippen molar-refractivity contribution < 1.29 is 19.1 Å². The third-order valence-corrected chi connectivity index (χ3v) is 6.25. The number of hydrogen-bond donors (Lipinski definition) is 2. The molecule has 2 atom stereocenters. The lowest BCUT2D eigenvalue weighted by atomic mass is 9.96. The Bertz CT molecular complexity index is 1020. The number of para-hydroxylation sites is 2. The maximum absolute atomic E-state index is 13.3. The van der Waals surface area contributed by atoms with Gasteiger partial charge in [0.25, 0.3) is 0 Å². The molecule has 2 aromatic rings. The Kier molecular flexibility index (Phi) is 6.85. The highest BCUT2D eigenvalue weighted by molar-refractivity contribution is 6.02. The number of benzene rings is 2. The minimum Gasteiger partial charge on any atom is -0.493 e. The van der Waals surface area contributed by atoms with Gasteiger partial charge >= 0.3 is 6.09 Å². The van der Waals surface area contributed by atoms with Crippen LogP contribution in [0.5, 0.6) is 11.5 Å². The van der Waals surface area contributed by atoms with E-state index in [9.17, 15) is 9.59 Å². The number of fused-ring (bicyclic) bond motifs is 1. The minimum atomic E-state index is -0.520. The van der Waals surface area contributed by atoms with Gasteiger partial charge in [0.05, 0.1) is 24.5 Å². The molecule has 2 aliphatic rings. The minimum absolute atomic E-state index is 0.0694. The molecule has 1 aliphatic carbocycles. The lowest BCUT2D eigenvalue weighted by molar-refractivity contribution is -0.117. The molecule has 0 bridgehead atoms. The van der Waals surface area contributed by atoms with Crippen LogP contribution in [0.15, 0.2) is 42.5 Å². The highest BCUT2D eigenvalue weighted by atomic mass is 16.6. The number of rotatable bonds is 7. The van der Waals surface area contributed by atoms with E-state index in [1.54, 1.807) is 34.9 Å². The van der Waals surface area contributed by atoms with Crippen molar-refractivity contribution >= 4 is 23.4 Å². The first-order valence-corrected chi connectivity index (χ1v) is 11.4. The topological polar surface area (TPSA) is 97.1 Å². The molecule has 8 heteroatoms. The number of carbonyl (C=O) groups excluding carboxylic acids is 2. The number of amides is 2. The number of hydrogen-bond acceptors (Lipinski definition) is 6. The van der Waals surface area contributed by atoms with E-state index in [0.717, 1.165) is 12.1 Å². The third kappa shape index (κ3) is 4.96. The van der Waals surface area contributed by atoms with E-state index in [2.05, 4.69) is 5.32 Å². The first-order valence-electron chi connectivity index (χ1n) is 11.4. The summed E-state index contributed by atoms with van der Waals surface area (Å²) in [4.78, 5) is 29.1. The monoisotopic (exact) mass is 452 g/mol. The summed E-state index contributed by atoms with van der Waals surface area (Å²) in [6, 6.07) is 13.3. The van der Waals surface area contributed by atoms with Crippen LogP contribution < -0.4 is 30.3 Å². The van der Waals surface area contributed by atoms with Crippen molar-refractivity contribution in [1.29, 1.82) is 0 Å². The molecule has 1 saturated carbocycles. The number of nitrogens with zero attached hydrogens (tertiary/aromatic N) is 2. The van der Waals surface area contributed by atoms with Gasteiger partial charge in [-0.25, -0.2) is 4.79 Å². The van der Waals surface area contributed by atoms with E-state index >= 15 is 0 Å². The average Bonchev–Trinajstić information content (AvgIpc) is 3.63. The smallest absolute Gasteiger partial charge is 0.420 e. The van der Waals surface area contributed by atoms with E-state index in [4.69, 9.17) is 15.2 Å². The van der Waals surface area contributed by atoms with Gasteiger partial charge in [0.15, 0.2) is 11.5 Å². The van der Waals surface area contributed by atoms with Crippen LogP contribution in [0, 0.1) is 0 Å². The Morgan fingerprint density at radius 2 is 1.88 bits per heavy atom. The van der Waals surface area contributed by atoms with Crippen LogP contribution in [0.4, 0.5) is 16.2 Å². The number of carbonyl (C=O) groups is 2. The number of nitrogens with two attached hydrogens (primary N) is 1. The van der Waals surface area contributed by atoms with Gasteiger partial charge in [-0.15, -0.1) is 0 Å². The standard InChI is InChI=1S/C25H32N4O4/c1-16-15-28(25(31)33-24-7-5-4-6-23(24)32-3)22-12-18(8-11-21(22)29(16)17(2)30)19(13-26)14-27-20-9-10-20/h4-8,11-12,16,19-20,27H,9-10,13-15,26H2,1-3H3/t16-,19?/m0/s1. The molecule has 1 unspecified atom stereocenters. The second kappa shape index (κ2) is 9.80. The predicted octanol–water partition coefficient (Wildman–Crippen LogP) is 3.25. The second-order valence-corrected chi connectivity index (χ2v) is 8.73. The molecule has 2 aromatic carbocycles. The maximum Gasteiger partial charge on any atom is 0.420 e. The van der Waals surface area contributed by atoms with Crippen molar-refractivity contribution in [2.24, 2.45) is 5.73 Å². The number of nitrogens with one attached hydrogen (secondary N) is 1. The van der Waals surface area contributed by atoms with Gasteiger partial charge in [0.2, 0.25) is 5.91 Å². The fraction of sp³-hybridized carbons (Fsp3) is 0.440. The van der Waals surface area contributed by atoms with Crippen molar-refractivity contribution in [3.63, 3.8) is 0 Å². The summed E-state index contributed by atoms with van der Waals surface area (Å²) in [5.74, 6) is 0.857. The van der Waals surface area contributed by atoms with Crippen molar-refractivity contribution in [2.45, 2.75) is 44.7 Å². The fourth-order valence-electron chi connectivity index (χ4n) is 4.33. The van der Waals surface area contributed by atoms with Gasteiger partial charge < -0.3 is 25.4 Å². The lowest BCUT2D eigenvalue weighted by Crippen LogP contribution is -2.52. The summed E-state index contributed by atoms with van der Waals surface area (Å²) >= 11 is 0. The van der Waals surface area contributed by atoms with E-state index in [1.165, 1.54) is 20.0 Å². The SMILES string of the molecule is COc1ccccc1OC(=O)N1C[C@H](C)N(C(C)=O)c2ccc(C(CN)CNC3CC3)cc21. The van der Waals surface area contributed by atoms with Crippen LogP contribution >= 0.6 is 0 Å². The third-order valence-electron chi connectivity index (χ3n) is 6.25. The first kappa shape index (κ1) is 23.1.